The lowest BCUT2D eigenvalue weighted by Crippen LogP contribution is -2.34. The van der Waals surface area contributed by atoms with E-state index in [-0.39, 0.29) is 25.6 Å². The van der Waals surface area contributed by atoms with E-state index in [1.54, 1.807) is 0 Å². The number of aliphatic hydroxyl groups is 2. The number of hydrogen-bond donors (Lipinski definition) is 2. The molecular formula is C14H19NO4. The maximum absolute atomic E-state index is 11.9. The monoisotopic (exact) mass is 265 g/mol. The van der Waals surface area contributed by atoms with Crippen LogP contribution in [0.1, 0.15) is 11.1 Å². The minimum atomic E-state index is -0.857. The summed E-state index contributed by atoms with van der Waals surface area (Å²) in [6, 6.07) is 5.81. The minimum absolute atomic E-state index is 0.0796. The van der Waals surface area contributed by atoms with Crippen LogP contribution in [0.5, 0.6) is 5.75 Å². The summed E-state index contributed by atoms with van der Waals surface area (Å²) in [7, 11) is 0. The van der Waals surface area contributed by atoms with Crippen LogP contribution in [0.3, 0.4) is 0 Å². The Morgan fingerprint density at radius 2 is 1.95 bits per heavy atom. The number of likely N-dealkylation sites (tertiary alicyclic amines) is 1. The van der Waals surface area contributed by atoms with Crippen LogP contribution < -0.4 is 4.74 Å². The van der Waals surface area contributed by atoms with Crippen molar-refractivity contribution in [3.63, 3.8) is 0 Å². The summed E-state index contributed by atoms with van der Waals surface area (Å²) in [4.78, 5) is 13.3. The molecular weight excluding hydrogens is 246 g/mol. The first-order valence-corrected chi connectivity index (χ1v) is 6.31. The molecule has 0 bridgehead atoms. The first-order chi connectivity index (χ1) is 8.97. The molecule has 1 fully saturated rings. The van der Waals surface area contributed by atoms with E-state index in [9.17, 15) is 15.0 Å². The van der Waals surface area contributed by atoms with Gasteiger partial charge in [0.25, 0.3) is 5.91 Å². The van der Waals surface area contributed by atoms with E-state index >= 15 is 0 Å². The van der Waals surface area contributed by atoms with Gasteiger partial charge in [0.2, 0.25) is 0 Å². The van der Waals surface area contributed by atoms with Crippen molar-refractivity contribution in [1.29, 1.82) is 0 Å². The topological polar surface area (TPSA) is 70.0 Å². The first kappa shape index (κ1) is 13.8. The molecule has 1 amide bonds. The third-order valence-electron chi connectivity index (χ3n) is 3.31. The van der Waals surface area contributed by atoms with Crippen LogP contribution in [0.2, 0.25) is 0 Å². The number of hydrogen-bond acceptors (Lipinski definition) is 4. The molecule has 104 valence electrons. The molecule has 5 nitrogen and oxygen atoms in total. The van der Waals surface area contributed by atoms with E-state index in [2.05, 4.69) is 0 Å². The van der Waals surface area contributed by atoms with E-state index in [0.717, 1.165) is 11.1 Å². The van der Waals surface area contributed by atoms with Gasteiger partial charge in [-0.3, -0.25) is 4.79 Å². The molecule has 0 aromatic heterocycles. The van der Waals surface area contributed by atoms with E-state index < -0.39 is 12.2 Å². The predicted molar refractivity (Wildman–Crippen MR) is 70.0 cm³/mol. The first-order valence-electron chi connectivity index (χ1n) is 6.31. The van der Waals surface area contributed by atoms with Gasteiger partial charge in [0.05, 0.1) is 12.2 Å². The minimum Gasteiger partial charge on any atom is -0.483 e. The maximum Gasteiger partial charge on any atom is 0.260 e. The molecule has 1 heterocycles. The van der Waals surface area contributed by atoms with E-state index in [4.69, 9.17) is 4.74 Å². The molecule has 1 aromatic rings. The number of carbonyl (C=O) groups is 1. The molecule has 2 atom stereocenters. The third kappa shape index (κ3) is 3.24. The van der Waals surface area contributed by atoms with Gasteiger partial charge in [0.15, 0.2) is 6.61 Å². The second-order valence-electron chi connectivity index (χ2n) is 4.99. The number of nitrogens with zero attached hydrogens (tertiary/aromatic N) is 1. The van der Waals surface area contributed by atoms with Gasteiger partial charge < -0.3 is 19.8 Å². The third-order valence-corrected chi connectivity index (χ3v) is 3.31. The fraction of sp³-hybridized carbons (Fsp3) is 0.500. The van der Waals surface area contributed by atoms with Crippen molar-refractivity contribution in [2.75, 3.05) is 19.7 Å². The summed E-state index contributed by atoms with van der Waals surface area (Å²) in [5, 5.41) is 18.8. The molecule has 0 spiro atoms. The number of aryl methyl sites for hydroxylation is 2. The van der Waals surface area contributed by atoms with Crippen molar-refractivity contribution < 1.29 is 19.7 Å². The second kappa shape index (κ2) is 5.59. The maximum atomic E-state index is 11.9. The number of benzene rings is 1. The van der Waals surface area contributed by atoms with Crippen LogP contribution in [-0.4, -0.2) is 52.9 Å². The Morgan fingerprint density at radius 1 is 1.32 bits per heavy atom. The lowest BCUT2D eigenvalue weighted by molar-refractivity contribution is -0.132. The van der Waals surface area contributed by atoms with Gasteiger partial charge >= 0.3 is 0 Å². The number of amides is 1. The second-order valence-corrected chi connectivity index (χ2v) is 4.99. The smallest absolute Gasteiger partial charge is 0.260 e. The quantitative estimate of drug-likeness (QED) is 0.821. The van der Waals surface area contributed by atoms with Crippen LogP contribution in [0, 0.1) is 13.8 Å². The van der Waals surface area contributed by atoms with Gasteiger partial charge in [-0.15, -0.1) is 0 Å². The van der Waals surface area contributed by atoms with Crippen molar-refractivity contribution in [3.8, 4) is 5.75 Å². The Kier molecular flexibility index (Phi) is 4.07. The van der Waals surface area contributed by atoms with Crippen molar-refractivity contribution in [2.45, 2.75) is 26.1 Å². The zero-order chi connectivity index (χ0) is 14.0. The normalized spacial score (nSPS) is 22.6. The fourth-order valence-corrected chi connectivity index (χ4v) is 2.07. The highest BCUT2D eigenvalue weighted by Crippen LogP contribution is 2.19. The number of ether oxygens (including phenoxy) is 1. The Hall–Kier alpha value is -1.59. The molecule has 19 heavy (non-hydrogen) atoms. The van der Waals surface area contributed by atoms with Crippen molar-refractivity contribution >= 4 is 5.91 Å². The summed E-state index contributed by atoms with van der Waals surface area (Å²) < 4.78 is 5.51. The molecule has 1 aromatic carbocycles. The molecule has 0 aliphatic carbocycles. The lowest BCUT2D eigenvalue weighted by Gasteiger charge is -2.16. The predicted octanol–water partition coefficient (Wildman–Crippen LogP) is 0.246. The Morgan fingerprint density at radius 3 is 2.58 bits per heavy atom. The van der Waals surface area contributed by atoms with Crippen LogP contribution in [0.15, 0.2) is 18.2 Å². The summed E-state index contributed by atoms with van der Waals surface area (Å²) >= 11 is 0. The summed E-state index contributed by atoms with van der Waals surface area (Å²) in [5.74, 6) is 0.463. The van der Waals surface area contributed by atoms with Gasteiger partial charge in [-0.05, 0) is 31.0 Å². The van der Waals surface area contributed by atoms with E-state index in [1.165, 1.54) is 4.90 Å². The molecule has 1 saturated heterocycles. The average Bonchev–Trinajstić information content (AvgIpc) is 2.70. The van der Waals surface area contributed by atoms with Crippen LogP contribution in [0.4, 0.5) is 0 Å². The highest BCUT2D eigenvalue weighted by Gasteiger charge is 2.32. The summed E-state index contributed by atoms with van der Waals surface area (Å²) in [6.07, 6.45) is -1.71. The van der Waals surface area contributed by atoms with Gasteiger partial charge in [0, 0.05) is 13.1 Å². The van der Waals surface area contributed by atoms with E-state index in [0.29, 0.717) is 5.75 Å². The van der Waals surface area contributed by atoms with Crippen LogP contribution in [-0.2, 0) is 4.79 Å². The van der Waals surface area contributed by atoms with Crippen molar-refractivity contribution in [1.82, 2.24) is 4.90 Å². The molecule has 0 saturated carbocycles. The fourth-order valence-electron chi connectivity index (χ4n) is 2.07. The number of aliphatic hydroxyl groups excluding tert-OH is 2. The van der Waals surface area contributed by atoms with Crippen LogP contribution >= 0.6 is 0 Å². The van der Waals surface area contributed by atoms with Crippen molar-refractivity contribution in [3.05, 3.63) is 29.3 Å². The molecule has 1 aliphatic heterocycles. The summed E-state index contributed by atoms with van der Waals surface area (Å²) in [6.45, 7) is 4.12. The van der Waals surface area contributed by atoms with Gasteiger partial charge in [-0.25, -0.2) is 0 Å². The molecule has 0 radical (unpaired) electrons. The molecule has 1 aliphatic rings. The molecule has 2 rings (SSSR count). The molecule has 0 unspecified atom stereocenters. The number of rotatable bonds is 3. The molecule has 5 heteroatoms. The lowest BCUT2D eigenvalue weighted by atomic mass is 10.1. The zero-order valence-electron chi connectivity index (χ0n) is 11.2. The van der Waals surface area contributed by atoms with Gasteiger partial charge in [0.1, 0.15) is 5.75 Å². The largest absolute Gasteiger partial charge is 0.483 e. The Labute approximate surface area is 112 Å². The highest BCUT2D eigenvalue weighted by molar-refractivity contribution is 5.78. The zero-order valence-corrected chi connectivity index (χ0v) is 11.2. The summed E-state index contributed by atoms with van der Waals surface area (Å²) in [5.41, 5.74) is 2.04. The van der Waals surface area contributed by atoms with Gasteiger partial charge in [-0.2, -0.15) is 0 Å². The number of β-amino-alcohol motifs (C(OH)–C–C–N with tert-alkyl or cyclic N) is 2. The van der Waals surface area contributed by atoms with Crippen LogP contribution in [0.25, 0.3) is 0 Å². The van der Waals surface area contributed by atoms with E-state index in [1.807, 2.05) is 32.0 Å². The van der Waals surface area contributed by atoms with Gasteiger partial charge in [-0.1, -0.05) is 12.1 Å². The highest BCUT2D eigenvalue weighted by atomic mass is 16.5. The SMILES string of the molecule is Cc1ccc(C)c(OCC(=O)N2C[C@@H](O)[C@@H](O)C2)c1. The standard InChI is InChI=1S/C14H19NO4/c1-9-3-4-10(2)13(5-9)19-8-14(18)15-6-11(16)12(17)7-15/h3-5,11-12,16-17H,6-8H2,1-2H3/t11-,12+. The van der Waals surface area contributed by atoms with Crippen molar-refractivity contribution in [2.24, 2.45) is 0 Å². The Balaban J connectivity index is 1.92. The molecule has 2 N–H and O–H groups in total. The average molecular weight is 265 g/mol. The Bertz CT molecular complexity index is 465. The number of carbonyl (C=O) groups excluding carboxylic acids is 1.